The van der Waals surface area contributed by atoms with Crippen molar-refractivity contribution in [3.05, 3.63) is 59.5 Å². The van der Waals surface area contributed by atoms with E-state index in [1.807, 2.05) is 18.2 Å². The van der Waals surface area contributed by atoms with E-state index in [1.54, 1.807) is 19.2 Å². The number of amides is 1. The van der Waals surface area contributed by atoms with Crippen molar-refractivity contribution in [3.63, 3.8) is 0 Å². The van der Waals surface area contributed by atoms with Crippen molar-refractivity contribution in [2.75, 3.05) is 0 Å². The number of hydrogen-bond donors (Lipinski definition) is 1. The fraction of sp³-hybridized carbons (Fsp3) is 0.200. The van der Waals surface area contributed by atoms with Crippen LogP contribution in [0.15, 0.2) is 52.2 Å². The number of benzene rings is 1. The highest BCUT2D eigenvalue weighted by Crippen LogP contribution is 2.07. The lowest BCUT2D eigenvalue weighted by molar-refractivity contribution is 0.0953. The number of carbonyl (C=O) groups excluding carboxylic acids is 1. The molecule has 0 fully saturated rings. The summed E-state index contributed by atoms with van der Waals surface area (Å²) in [5.74, 6) is 0.346. The summed E-state index contributed by atoms with van der Waals surface area (Å²) >= 11 is 0. The summed E-state index contributed by atoms with van der Waals surface area (Å²) in [5, 5.41) is 3.92. The quantitative estimate of drug-likeness (QED) is 0.660. The molecule has 1 aromatic carbocycles. The van der Waals surface area contributed by atoms with E-state index in [4.69, 9.17) is 4.42 Å². The molecule has 0 radical (unpaired) electrons. The second kappa shape index (κ2) is 6.54. The fourth-order valence-corrected chi connectivity index (χ4v) is 1.73. The molecule has 0 unspecified atom stereocenters. The maximum Gasteiger partial charge on any atom is 0.274 e. The first kappa shape index (κ1) is 13.1. The SMILES string of the molecule is Cc1occc1C(=O)N/N=C\CCc1ccccc1. The Hall–Kier alpha value is -2.36. The van der Waals surface area contributed by atoms with Crippen LogP contribution in [0.3, 0.4) is 0 Å². The van der Waals surface area contributed by atoms with Crippen molar-refractivity contribution in [1.29, 1.82) is 0 Å². The van der Waals surface area contributed by atoms with Gasteiger partial charge in [-0.2, -0.15) is 5.10 Å². The van der Waals surface area contributed by atoms with E-state index >= 15 is 0 Å². The van der Waals surface area contributed by atoms with Crippen molar-refractivity contribution in [2.45, 2.75) is 19.8 Å². The Morgan fingerprint density at radius 2 is 2.11 bits per heavy atom. The van der Waals surface area contributed by atoms with Gasteiger partial charge in [-0.05, 0) is 31.4 Å². The predicted molar refractivity (Wildman–Crippen MR) is 74.2 cm³/mol. The van der Waals surface area contributed by atoms with Gasteiger partial charge in [0.1, 0.15) is 5.76 Å². The second-order valence-corrected chi connectivity index (χ2v) is 4.17. The summed E-state index contributed by atoms with van der Waals surface area (Å²) in [6.45, 7) is 1.74. The molecule has 1 N–H and O–H groups in total. The van der Waals surface area contributed by atoms with Crippen LogP contribution in [0.1, 0.15) is 28.1 Å². The largest absolute Gasteiger partial charge is 0.469 e. The minimum atomic E-state index is -0.248. The average Bonchev–Trinajstić information content (AvgIpc) is 2.86. The molecule has 0 aliphatic carbocycles. The summed E-state index contributed by atoms with van der Waals surface area (Å²) in [7, 11) is 0. The van der Waals surface area contributed by atoms with Gasteiger partial charge in [-0.25, -0.2) is 5.43 Å². The van der Waals surface area contributed by atoms with Gasteiger partial charge in [-0.15, -0.1) is 0 Å². The van der Waals surface area contributed by atoms with Gasteiger partial charge in [-0.3, -0.25) is 4.79 Å². The molecule has 98 valence electrons. The third-order valence-electron chi connectivity index (χ3n) is 2.77. The third kappa shape index (κ3) is 3.81. The molecule has 2 aromatic rings. The first-order valence-corrected chi connectivity index (χ1v) is 6.17. The maximum atomic E-state index is 11.7. The number of hydrazone groups is 1. The van der Waals surface area contributed by atoms with Crippen molar-refractivity contribution < 1.29 is 9.21 Å². The van der Waals surface area contributed by atoms with Crippen molar-refractivity contribution in [3.8, 4) is 0 Å². The van der Waals surface area contributed by atoms with Gasteiger partial charge in [0.2, 0.25) is 0 Å². The number of hydrogen-bond acceptors (Lipinski definition) is 3. The lowest BCUT2D eigenvalue weighted by atomic mass is 10.1. The number of aryl methyl sites for hydroxylation is 2. The molecule has 0 aliphatic heterocycles. The molecule has 0 spiro atoms. The molecule has 0 aliphatic rings. The van der Waals surface area contributed by atoms with E-state index in [-0.39, 0.29) is 5.91 Å². The van der Waals surface area contributed by atoms with Crippen LogP contribution in [0.5, 0.6) is 0 Å². The van der Waals surface area contributed by atoms with E-state index in [2.05, 4.69) is 22.7 Å². The van der Waals surface area contributed by atoms with E-state index in [1.165, 1.54) is 11.8 Å². The van der Waals surface area contributed by atoms with Crippen molar-refractivity contribution in [1.82, 2.24) is 5.43 Å². The lowest BCUT2D eigenvalue weighted by Crippen LogP contribution is -2.17. The van der Waals surface area contributed by atoms with Crippen molar-refractivity contribution >= 4 is 12.1 Å². The van der Waals surface area contributed by atoms with Crippen molar-refractivity contribution in [2.24, 2.45) is 5.10 Å². The zero-order valence-electron chi connectivity index (χ0n) is 10.8. The van der Waals surface area contributed by atoms with E-state index in [0.29, 0.717) is 11.3 Å². The second-order valence-electron chi connectivity index (χ2n) is 4.17. The van der Waals surface area contributed by atoms with Crippen LogP contribution in [0.4, 0.5) is 0 Å². The molecule has 1 heterocycles. The number of rotatable bonds is 5. The van der Waals surface area contributed by atoms with Crippen LogP contribution in [0.2, 0.25) is 0 Å². The molecule has 1 amide bonds. The Bertz CT molecular complexity index is 559. The monoisotopic (exact) mass is 256 g/mol. The van der Waals surface area contributed by atoms with Gasteiger partial charge in [0.15, 0.2) is 0 Å². The molecule has 0 atom stereocenters. The first-order valence-electron chi connectivity index (χ1n) is 6.17. The Balaban J connectivity index is 1.75. The number of nitrogens with one attached hydrogen (secondary N) is 1. The van der Waals surface area contributed by atoms with Gasteiger partial charge in [-0.1, -0.05) is 30.3 Å². The third-order valence-corrected chi connectivity index (χ3v) is 2.77. The summed E-state index contributed by atoms with van der Waals surface area (Å²) in [4.78, 5) is 11.7. The smallest absolute Gasteiger partial charge is 0.274 e. The van der Waals surface area contributed by atoms with Crippen LogP contribution < -0.4 is 5.43 Å². The fourth-order valence-electron chi connectivity index (χ4n) is 1.73. The molecular weight excluding hydrogens is 240 g/mol. The molecule has 2 rings (SSSR count). The molecular formula is C15H16N2O2. The first-order chi connectivity index (χ1) is 9.27. The Labute approximate surface area is 112 Å². The molecule has 1 aromatic heterocycles. The van der Waals surface area contributed by atoms with E-state index in [9.17, 15) is 4.79 Å². The molecule has 0 bridgehead atoms. The molecule has 4 nitrogen and oxygen atoms in total. The molecule has 19 heavy (non-hydrogen) atoms. The van der Waals surface area contributed by atoms with E-state index < -0.39 is 0 Å². The van der Waals surface area contributed by atoms with Crippen LogP contribution in [-0.4, -0.2) is 12.1 Å². The van der Waals surface area contributed by atoms with Gasteiger partial charge >= 0.3 is 0 Å². The highest BCUT2D eigenvalue weighted by molar-refractivity contribution is 5.95. The summed E-state index contributed by atoms with van der Waals surface area (Å²) in [5.41, 5.74) is 4.25. The summed E-state index contributed by atoms with van der Waals surface area (Å²) in [6.07, 6.45) is 4.89. The topological polar surface area (TPSA) is 54.6 Å². The molecule has 0 saturated carbocycles. The lowest BCUT2D eigenvalue weighted by Gasteiger charge is -1.98. The number of nitrogens with zero attached hydrogens (tertiary/aromatic N) is 1. The van der Waals surface area contributed by atoms with Gasteiger partial charge < -0.3 is 4.42 Å². The molecule has 0 saturated heterocycles. The van der Waals surface area contributed by atoms with Gasteiger partial charge in [0.25, 0.3) is 5.91 Å². The Morgan fingerprint density at radius 3 is 2.79 bits per heavy atom. The summed E-state index contributed by atoms with van der Waals surface area (Å²) in [6, 6.07) is 11.8. The zero-order chi connectivity index (χ0) is 13.5. The standard InChI is InChI=1S/C15H16N2O2/c1-12-14(9-11-19-12)15(18)17-16-10-5-8-13-6-3-2-4-7-13/h2-4,6-7,9-11H,5,8H2,1H3,(H,17,18)/b16-10-. The predicted octanol–water partition coefficient (Wildman–Crippen LogP) is 2.94. The van der Waals surface area contributed by atoms with Gasteiger partial charge in [0.05, 0.1) is 11.8 Å². The number of furan rings is 1. The number of carbonyl (C=O) groups is 1. The Morgan fingerprint density at radius 1 is 1.32 bits per heavy atom. The van der Waals surface area contributed by atoms with Crippen LogP contribution in [0.25, 0.3) is 0 Å². The van der Waals surface area contributed by atoms with E-state index in [0.717, 1.165) is 12.8 Å². The highest BCUT2D eigenvalue weighted by Gasteiger charge is 2.09. The minimum absolute atomic E-state index is 0.248. The summed E-state index contributed by atoms with van der Waals surface area (Å²) < 4.78 is 5.06. The highest BCUT2D eigenvalue weighted by atomic mass is 16.3. The Kier molecular flexibility index (Phi) is 4.50. The zero-order valence-corrected chi connectivity index (χ0v) is 10.8. The van der Waals surface area contributed by atoms with Crippen LogP contribution >= 0.6 is 0 Å². The van der Waals surface area contributed by atoms with Gasteiger partial charge in [0, 0.05) is 6.21 Å². The van der Waals surface area contributed by atoms with Crippen LogP contribution in [0, 0.1) is 6.92 Å². The minimum Gasteiger partial charge on any atom is -0.469 e. The average molecular weight is 256 g/mol. The molecule has 4 heteroatoms. The normalized spacial score (nSPS) is 10.8. The maximum absolute atomic E-state index is 11.7. The van der Waals surface area contributed by atoms with Crippen LogP contribution in [-0.2, 0) is 6.42 Å².